The lowest BCUT2D eigenvalue weighted by Gasteiger charge is -2.25. The Hall–Kier alpha value is 0.430. The standard InChI is InChI=1S/C12H23BrO2S/c1-12(2,3)6-4-10(8-13)11-5-7-16(14,15)9-11/h10-11H,4-9H2,1-3H3. The highest BCUT2D eigenvalue weighted by atomic mass is 79.9. The third-order valence-electron chi connectivity index (χ3n) is 3.40. The lowest BCUT2D eigenvalue weighted by atomic mass is 9.82. The highest BCUT2D eigenvalue weighted by Crippen LogP contribution is 2.33. The fourth-order valence-electron chi connectivity index (χ4n) is 2.25. The molecular formula is C12H23BrO2S. The zero-order valence-corrected chi connectivity index (χ0v) is 12.9. The molecular weight excluding hydrogens is 288 g/mol. The first-order valence-corrected chi connectivity index (χ1v) is 8.94. The second-order valence-corrected chi connectivity index (χ2v) is 9.05. The van der Waals surface area contributed by atoms with Crippen molar-refractivity contribution in [3.63, 3.8) is 0 Å². The molecule has 0 N–H and O–H groups in total. The largest absolute Gasteiger partial charge is 0.229 e. The summed E-state index contributed by atoms with van der Waals surface area (Å²) in [7, 11) is -2.73. The molecule has 1 aliphatic rings. The van der Waals surface area contributed by atoms with Gasteiger partial charge in [-0.1, -0.05) is 36.7 Å². The first-order chi connectivity index (χ1) is 7.23. The molecule has 2 atom stereocenters. The fourth-order valence-corrected chi connectivity index (χ4v) is 5.02. The maximum absolute atomic E-state index is 11.4. The van der Waals surface area contributed by atoms with Crippen molar-refractivity contribution in [2.75, 3.05) is 16.8 Å². The van der Waals surface area contributed by atoms with Crippen molar-refractivity contribution in [3.8, 4) is 0 Å². The van der Waals surface area contributed by atoms with E-state index in [0.717, 1.165) is 18.2 Å². The summed E-state index contributed by atoms with van der Waals surface area (Å²) in [5.74, 6) is 1.72. The number of hydrogen-bond donors (Lipinski definition) is 0. The van der Waals surface area contributed by atoms with Crippen LogP contribution in [0.1, 0.15) is 40.0 Å². The molecule has 16 heavy (non-hydrogen) atoms. The zero-order valence-electron chi connectivity index (χ0n) is 10.5. The van der Waals surface area contributed by atoms with Crippen LogP contribution in [-0.2, 0) is 9.84 Å². The first-order valence-electron chi connectivity index (χ1n) is 6.00. The number of sulfone groups is 1. The minimum atomic E-state index is -2.73. The van der Waals surface area contributed by atoms with Gasteiger partial charge >= 0.3 is 0 Å². The second kappa shape index (κ2) is 5.38. The summed E-state index contributed by atoms with van der Waals surface area (Å²) < 4.78 is 22.9. The molecule has 2 nitrogen and oxygen atoms in total. The van der Waals surface area contributed by atoms with Crippen LogP contribution in [0.3, 0.4) is 0 Å². The number of hydrogen-bond acceptors (Lipinski definition) is 2. The van der Waals surface area contributed by atoms with E-state index in [4.69, 9.17) is 0 Å². The third kappa shape index (κ3) is 4.74. The molecule has 0 aliphatic carbocycles. The summed E-state index contributed by atoms with van der Waals surface area (Å²) in [6.45, 7) is 6.72. The summed E-state index contributed by atoms with van der Waals surface area (Å²) in [5, 5.41) is 0.934. The van der Waals surface area contributed by atoms with Gasteiger partial charge in [0.1, 0.15) is 0 Å². The molecule has 0 aromatic rings. The van der Waals surface area contributed by atoms with Crippen molar-refractivity contribution in [3.05, 3.63) is 0 Å². The van der Waals surface area contributed by atoms with E-state index in [0.29, 0.717) is 28.8 Å². The Morgan fingerprint density at radius 1 is 1.38 bits per heavy atom. The van der Waals surface area contributed by atoms with Gasteiger partial charge in [0, 0.05) is 5.33 Å². The minimum Gasteiger partial charge on any atom is -0.229 e. The number of rotatable bonds is 4. The van der Waals surface area contributed by atoms with Crippen molar-refractivity contribution in [1.82, 2.24) is 0 Å². The molecule has 4 heteroatoms. The van der Waals surface area contributed by atoms with Gasteiger partial charge in [-0.15, -0.1) is 0 Å². The smallest absolute Gasteiger partial charge is 0.150 e. The second-order valence-electron chi connectivity index (χ2n) is 6.18. The van der Waals surface area contributed by atoms with E-state index < -0.39 is 9.84 Å². The summed E-state index contributed by atoms with van der Waals surface area (Å²) in [6, 6.07) is 0. The van der Waals surface area contributed by atoms with Crippen molar-refractivity contribution in [2.45, 2.75) is 40.0 Å². The molecule has 1 aliphatic heterocycles. The molecule has 0 saturated carbocycles. The monoisotopic (exact) mass is 310 g/mol. The molecule has 1 saturated heterocycles. The van der Waals surface area contributed by atoms with E-state index in [2.05, 4.69) is 36.7 Å². The van der Waals surface area contributed by atoms with Gasteiger partial charge in [0.2, 0.25) is 0 Å². The number of halogens is 1. The molecule has 0 spiro atoms. The van der Waals surface area contributed by atoms with Gasteiger partial charge in [-0.3, -0.25) is 0 Å². The van der Waals surface area contributed by atoms with Crippen LogP contribution in [0.5, 0.6) is 0 Å². The Morgan fingerprint density at radius 3 is 2.38 bits per heavy atom. The van der Waals surface area contributed by atoms with E-state index >= 15 is 0 Å². The van der Waals surface area contributed by atoms with Crippen LogP contribution in [0, 0.1) is 17.3 Å². The van der Waals surface area contributed by atoms with Crippen LogP contribution in [0.15, 0.2) is 0 Å². The average molecular weight is 311 g/mol. The Balaban J connectivity index is 2.50. The summed E-state index contributed by atoms with van der Waals surface area (Å²) >= 11 is 3.54. The molecule has 1 heterocycles. The normalized spacial score (nSPS) is 26.9. The van der Waals surface area contributed by atoms with Crippen LogP contribution < -0.4 is 0 Å². The topological polar surface area (TPSA) is 34.1 Å². The lowest BCUT2D eigenvalue weighted by Crippen LogP contribution is -2.20. The molecule has 1 rings (SSSR count). The van der Waals surface area contributed by atoms with Gasteiger partial charge in [-0.25, -0.2) is 8.42 Å². The summed E-state index contributed by atoms with van der Waals surface area (Å²) in [4.78, 5) is 0. The van der Waals surface area contributed by atoms with E-state index in [9.17, 15) is 8.42 Å². The minimum absolute atomic E-state index is 0.345. The SMILES string of the molecule is CC(C)(C)CCC(CBr)C1CCS(=O)(=O)C1. The molecule has 0 amide bonds. The first kappa shape index (κ1) is 14.5. The van der Waals surface area contributed by atoms with Crippen molar-refractivity contribution < 1.29 is 8.42 Å². The van der Waals surface area contributed by atoms with Gasteiger partial charge < -0.3 is 0 Å². The van der Waals surface area contributed by atoms with Gasteiger partial charge in [0.05, 0.1) is 11.5 Å². The van der Waals surface area contributed by atoms with Gasteiger partial charge in [-0.05, 0) is 36.5 Å². The van der Waals surface area contributed by atoms with Gasteiger partial charge in [0.25, 0.3) is 0 Å². The maximum atomic E-state index is 11.4. The van der Waals surface area contributed by atoms with Crippen LogP contribution in [0.2, 0.25) is 0 Å². The maximum Gasteiger partial charge on any atom is 0.150 e. The zero-order chi connectivity index (χ0) is 12.4. The van der Waals surface area contributed by atoms with E-state index in [-0.39, 0.29) is 0 Å². The van der Waals surface area contributed by atoms with E-state index in [1.165, 1.54) is 6.42 Å². The Labute approximate surface area is 108 Å². The van der Waals surface area contributed by atoms with Crippen LogP contribution in [0.25, 0.3) is 0 Å². The van der Waals surface area contributed by atoms with Crippen molar-refractivity contribution >= 4 is 25.8 Å². The molecule has 0 bridgehead atoms. The van der Waals surface area contributed by atoms with E-state index in [1.54, 1.807) is 0 Å². The highest BCUT2D eigenvalue weighted by Gasteiger charge is 2.33. The van der Waals surface area contributed by atoms with Crippen LogP contribution in [0.4, 0.5) is 0 Å². The Bertz CT molecular complexity index is 316. The van der Waals surface area contributed by atoms with Gasteiger partial charge in [0.15, 0.2) is 9.84 Å². The van der Waals surface area contributed by atoms with Crippen LogP contribution in [-0.4, -0.2) is 25.3 Å². The highest BCUT2D eigenvalue weighted by molar-refractivity contribution is 9.09. The van der Waals surface area contributed by atoms with Crippen molar-refractivity contribution in [2.24, 2.45) is 17.3 Å². The summed E-state index contributed by atoms with van der Waals surface area (Å²) in [5.41, 5.74) is 0.345. The fraction of sp³-hybridized carbons (Fsp3) is 1.00. The predicted molar refractivity (Wildman–Crippen MR) is 72.7 cm³/mol. The quantitative estimate of drug-likeness (QED) is 0.747. The molecule has 1 fully saturated rings. The lowest BCUT2D eigenvalue weighted by molar-refractivity contribution is 0.291. The third-order valence-corrected chi connectivity index (χ3v) is 6.02. The predicted octanol–water partition coefficient (Wildman–Crippen LogP) is 3.26. The molecule has 0 aromatic heterocycles. The van der Waals surface area contributed by atoms with Gasteiger partial charge in [-0.2, -0.15) is 0 Å². The molecule has 0 aromatic carbocycles. The molecule has 0 radical (unpaired) electrons. The Kier molecular flexibility index (Phi) is 4.88. The summed E-state index contributed by atoms with van der Waals surface area (Å²) in [6.07, 6.45) is 3.16. The molecule has 2 unspecified atom stereocenters. The Morgan fingerprint density at radius 2 is 2.00 bits per heavy atom. The van der Waals surface area contributed by atoms with Crippen LogP contribution >= 0.6 is 15.9 Å². The number of alkyl halides is 1. The van der Waals surface area contributed by atoms with E-state index in [1.807, 2.05) is 0 Å². The molecule has 96 valence electrons. The van der Waals surface area contributed by atoms with Crippen molar-refractivity contribution in [1.29, 1.82) is 0 Å². The average Bonchev–Trinajstić information content (AvgIpc) is 2.45.